The summed E-state index contributed by atoms with van der Waals surface area (Å²) in [4.78, 5) is 18.1. The normalized spacial score (nSPS) is 10.6. The Morgan fingerprint density at radius 3 is 2.50 bits per heavy atom. The lowest BCUT2D eigenvalue weighted by Crippen LogP contribution is -2.26. The maximum absolute atomic E-state index is 12.2. The first kappa shape index (κ1) is 16.4. The molecule has 0 saturated carbocycles. The lowest BCUT2D eigenvalue weighted by atomic mass is 10.1. The van der Waals surface area contributed by atoms with Crippen molar-refractivity contribution < 1.29 is 4.79 Å². The molecule has 3 nitrogen and oxygen atoms in total. The number of hydrogen-bond acceptors (Lipinski definition) is 3. The van der Waals surface area contributed by atoms with Crippen LogP contribution in [0, 0.1) is 13.8 Å². The molecule has 3 aromatic rings. The molecule has 1 amide bonds. The van der Waals surface area contributed by atoms with Crippen LogP contribution in [0.25, 0.3) is 10.6 Å². The van der Waals surface area contributed by atoms with Crippen LogP contribution in [0.3, 0.4) is 0 Å². The van der Waals surface area contributed by atoms with Crippen LogP contribution in [0.2, 0.25) is 0 Å². The topological polar surface area (TPSA) is 42.0 Å². The number of aryl methyl sites for hydroxylation is 2. The third-order valence-corrected chi connectivity index (χ3v) is 5.21. The van der Waals surface area contributed by atoms with E-state index in [-0.39, 0.29) is 5.91 Å². The second-order valence-electron chi connectivity index (χ2n) is 5.71. The van der Waals surface area contributed by atoms with Gasteiger partial charge in [0.15, 0.2) is 0 Å². The van der Waals surface area contributed by atoms with E-state index in [0.29, 0.717) is 6.54 Å². The van der Waals surface area contributed by atoms with E-state index in [1.807, 2.05) is 56.3 Å². The minimum atomic E-state index is -0.0152. The lowest BCUT2D eigenvalue weighted by Gasteiger charge is -2.07. The molecule has 0 fully saturated rings. The lowest BCUT2D eigenvalue weighted by molar-refractivity contribution is 0.0953. The van der Waals surface area contributed by atoms with Crippen molar-refractivity contribution in [1.82, 2.24) is 10.3 Å². The van der Waals surface area contributed by atoms with Crippen molar-refractivity contribution in [3.05, 3.63) is 76.3 Å². The third kappa shape index (κ3) is 3.71. The minimum Gasteiger partial charge on any atom is -0.352 e. The summed E-state index contributed by atoms with van der Waals surface area (Å²) in [6, 6.07) is 17.8. The van der Waals surface area contributed by atoms with Crippen molar-refractivity contribution >= 4 is 17.2 Å². The zero-order valence-corrected chi connectivity index (χ0v) is 14.7. The molecule has 1 N–H and O–H groups in total. The standard InChI is InChI=1S/C20H20N2OS/c1-14-8-6-7-11-17(14)19(23)21-13-12-18-15(2)22-20(24-18)16-9-4-3-5-10-16/h3-11H,12-13H2,1-2H3,(H,21,23). The summed E-state index contributed by atoms with van der Waals surface area (Å²) in [6.07, 6.45) is 0.800. The van der Waals surface area contributed by atoms with Crippen molar-refractivity contribution in [2.45, 2.75) is 20.3 Å². The van der Waals surface area contributed by atoms with Crippen LogP contribution in [-0.4, -0.2) is 17.4 Å². The highest BCUT2D eigenvalue weighted by Gasteiger charge is 2.11. The number of thiazole rings is 1. The summed E-state index contributed by atoms with van der Waals surface area (Å²) >= 11 is 1.70. The number of aromatic nitrogens is 1. The van der Waals surface area contributed by atoms with Crippen molar-refractivity contribution in [2.24, 2.45) is 0 Å². The molecular weight excluding hydrogens is 316 g/mol. The molecule has 4 heteroatoms. The number of benzene rings is 2. The van der Waals surface area contributed by atoms with E-state index in [2.05, 4.69) is 22.4 Å². The van der Waals surface area contributed by atoms with Crippen LogP contribution in [0.5, 0.6) is 0 Å². The molecule has 24 heavy (non-hydrogen) atoms. The van der Waals surface area contributed by atoms with Crippen LogP contribution in [0.15, 0.2) is 54.6 Å². The Hall–Kier alpha value is -2.46. The highest BCUT2D eigenvalue weighted by Crippen LogP contribution is 2.27. The first-order valence-electron chi connectivity index (χ1n) is 8.00. The molecule has 0 aliphatic heterocycles. The Bertz CT molecular complexity index is 840. The number of nitrogens with one attached hydrogen (secondary N) is 1. The first-order chi connectivity index (χ1) is 11.6. The fourth-order valence-corrected chi connectivity index (χ4v) is 3.64. The molecule has 0 unspecified atom stereocenters. The number of carbonyl (C=O) groups excluding carboxylic acids is 1. The predicted octanol–water partition coefficient (Wildman–Crippen LogP) is 4.40. The Morgan fingerprint density at radius 2 is 1.75 bits per heavy atom. The van der Waals surface area contributed by atoms with Crippen LogP contribution < -0.4 is 5.32 Å². The van der Waals surface area contributed by atoms with Gasteiger partial charge >= 0.3 is 0 Å². The molecule has 0 bridgehead atoms. The third-order valence-electron chi connectivity index (χ3n) is 3.94. The molecule has 0 atom stereocenters. The summed E-state index contributed by atoms with van der Waals surface area (Å²) in [5, 5.41) is 4.04. The van der Waals surface area contributed by atoms with Gasteiger partial charge in [0.25, 0.3) is 5.91 Å². The summed E-state index contributed by atoms with van der Waals surface area (Å²) in [5.41, 5.74) is 3.92. The van der Waals surface area contributed by atoms with Crippen LogP contribution >= 0.6 is 11.3 Å². The number of carbonyl (C=O) groups is 1. The van der Waals surface area contributed by atoms with Crippen LogP contribution in [0.1, 0.15) is 26.5 Å². The quantitative estimate of drug-likeness (QED) is 0.750. The van der Waals surface area contributed by atoms with E-state index in [1.165, 1.54) is 4.88 Å². The number of amides is 1. The van der Waals surface area contributed by atoms with E-state index in [1.54, 1.807) is 11.3 Å². The zero-order chi connectivity index (χ0) is 16.9. The monoisotopic (exact) mass is 336 g/mol. The summed E-state index contributed by atoms with van der Waals surface area (Å²) < 4.78 is 0. The van der Waals surface area contributed by atoms with E-state index >= 15 is 0 Å². The molecule has 0 saturated heterocycles. The maximum Gasteiger partial charge on any atom is 0.251 e. The van der Waals surface area contributed by atoms with Crippen molar-refractivity contribution in [2.75, 3.05) is 6.54 Å². The average molecular weight is 336 g/mol. The van der Waals surface area contributed by atoms with Gasteiger partial charge in [-0.1, -0.05) is 48.5 Å². The van der Waals surface area contributed by atoms with E-state index in [4.69, 9.17) is 0 Å². The predicted molar refractivity (Wildman–Crippen MR) is 99.5 cm³/mol. The summed E-state index contributed by atoms with van der Waals surface area (Å²) in [6.45, 7) is 4.60. The van der Waals surface area contributed by atoms with Gasteiger partial charge in [-0.2, -0.15) is 0 Å². The van der Waals surface area contributed by atoms with E-state index < -0.39 is 0 Å². The van der Waals surface area contributed by atoms with E-state index in [0.717, 1.165) is 33.8 Å². The van der Waals surface area contributed by atoms with Gasteiger partial charge < -0.3 is 5.32 Å². The van der Waals surface area contributed by atoms with Gasteiger partial charge in [0.2, 0.25) is 0 Å². The first-order valence-corrected chi connectivity index (χ1v) is 8.82. The summed E-state index contributed by atoms with van der Waals surface area (Å²) in [7, 11) is 0. The van der Waals surface area contributed by atoms with Gasteiger partial charge in [-0.05, 0) is 25.5 Å². The molecule has 2 aromatic carbocycles. The molecule has 1 heterocycles. The van der Waals surface area contributed by atoms with Gasteiger partial charge in [-0.25, -0.2) is 4.98 Å². The number of rotatable bonds is 5. The van der Waals surface area contributed by atoms with Crippen molar-refractivity contribution in [1.29, 1.82) is 0 Å². The Kier molecular flexibility index (Phi) is 5.06. The molecule has 0 aliphatic carbocycles. The van der Waals surface area contributed by atoms with Gasteiger partial charge in [0.1, 0.15) is 5.01 Å². The maximum atomic E-state index is 12.2. The molecule has 0 radical (unpaired) electrons. The average Bonchev–Trinajstić information content (AvgIpc) is 2.97. The van der Waals surface area contributed by atoms with Crippen molar-refractivity contribution in [3.63, 3.8) is 0 Å². The van der Waals surface area contributed by atoms with Crippen LogP contribution in [-0.2, 0) is 6.42 Å². The Balaban J connectivity index is 1.62. The Labute approximate surface area is 146 Å². The smallest absolute Gasteiger partial charge is 0.251 e. The fraction of sp³-hybridized carbons (Fsp3) is 0.200. The van der Waals surface area contributed by atoms with Crippen molar-refractivity contribution in [3.8, 4) is 10.6 Å². The largest absolute Gasteiger partial charge is 0.352 e. The molecule has 0 spiro atoms. The summed E-state index contributed by atoms with van der Waals surface area (Å²) in [5.74, 6) is -0.0152. The fourth-order valence-electron chi connectivity index (χ4n) is 2.58. The molecular formula is C20H20N2OS. The van der Waals surface area contributed by atoms with Gasteiger partial charge in [0, 0.05) is 29.0 Å². The highest BCUT2D eigenvalue weighted by atomic mass is 32.1. The minimum absolute atomic E-state index is 0.0152. The van der Waals surface area contributed by atoms with Gasteiger partial charge in [-0.15, -0.1) is 11.3 Å². The van der Waals surface area contributed by atoms with E-state index in [9.17, 15) is 4.79 Å². The molecule has 122 valence electrons. The number of nitrogens with zero attached hydrogens (tertiary/aromatic N) is 1. The van der Waals surface area contributed by atoms with Crippen LogP contribution in [0.4, 0.5) is 0 Å². The number of hydrogen-bond donors (Lipinski definition) is 1. The molecule has 1 aromatic heterocycles. The highest BCUT2D eigenvalue weighted by molar-refractivity contribution is 7.15. The molecule has 3 rings (SSSR count). The SMILES string of the molecule is Cc1ccccc1C(=O)NCCc1sc(-c2ccccc2)nc1C. The second-order valence-corrected chi connectivity index (χ2v) is 6.80. The molecule has 0 aliphatic rings. The van der Waals surface area contributed by atoms with Gasteiger partial charge in [0.05, 0.1) is 5.69 Å². The zero-order valence-electron chi connectivity index (χ0n) is 13.9. The Morgan fingerprint density at radius 1 is 1.04 bits per heavy atom. The second kappa shape index (κ2) is 7.41. The van der Waals surface area contributed by atoms with Gasteiger partial charge in [-0.3, -0.25) is 4.79 Å².